The number of methoxy groups -OCH3 is 1. The molecule has 7 heteroatoms. The Kier molecular flexibility index (Phi) is 8.85. The van der Waals surface area contributed by atoms with Crippen LogP contribution in [0.1, 0.15) is 35.3 Å². The van der Waals surface area contributed by atoms with E-state index < -0.39 is 24.0 Å². The summed E-state index contributed by atoms with van der Waals surface area (Å²) < 4.78 is 10.1. The molecule has 0 spiro atoms. The largest absolute Gasteiger partial charge is 0.452 e. The Bertz CT molecular complexity index is 795. The number of esters is 1. The van der Waals surface area contributed by atoms with Gasteiger partial charge in [-0.2, -0.15) is 0 Å². The van der Waals surface area contributed by atoms with Gasteiger partial charge in [0.2, 0.25) is 0 Å². The maximum absolute atomic E-state index is 12.5. The molecule has 0 heterocycles. The highest BCUT2D eigenvalue weighted by Crippen LogP contribution is 2.18. The Hall–Kier alpha value is -3.19. The number of hydrogen-bond acceptors (Lipinski definition) is 5. The lowest BCUT2D eigenvalue weighted by atomic mass is 10.0. The molecule has 0 bridgehead atoms. The van der Waals surface area contributed by atoms with Gasteiger partial charge in [-0.3, -0.25) is 14.4 Å². The third-order valence-electron chi connectivity index (χ3n) is 4.20. The summed E-state index contributed by atoms with van der Waals surface area (Å²) in [6.07, 6.45) is -1.04. The quantitative estimate of drug-likeness (QED) is 0.473. The molecule has 0 radical (unpaired) electrons. The fraction of sp³-hybridized carbons (Fsp3) is 0.318. The first-order chi connectivity index (χ1) is 14.0. The van der Waals surface area contributed by atoms with Crippen LogP contribution in [0.3, 0.4) is 0 Å². The molecule has 0 saturated heterocycles. The molecule has 0 fully saturated rings. The molecule has 0 unspecified atom stereocenters. The first-order valence-corrected chi connectivity index (χ1v) is 9.38. The number of amides is 2. The number of benzene rings is 2. The number of nitrogens with one attached hydrogen (secondary N) is 2. The van der Waals surface area contributed by atoms with Crippen molar-refractivity contribution in [3.8, 4) is 0 Å². The second-order valence-corrected chi connectivity index (χ2v) is 6.42. The summed E-state index contributed by atoms with van der Waals surface area (Å²) in [5, 5.41) is 5.48. The van der Waals surface area contributed by atoms with Crippen LogP contribution in [0.5, 0.6) is 0 Å². The number of carbonyl (C=O) groups is 3. The number of carbonyl (C=O) groups excluding carboxylic acids is 3. The standard InChI is InChI=1S/C22H26N2O5/c1-16(21(26)23-13-14-28-2)29-20(25)15-19(17-9-5-3-6-10-17)24-22(27)18-11-7-4-8-12-18/h3-12,16,19H,13-15H2,1-2H3,(H,23,26)(H,24,27)/t16-,19+/m1/s1. The van der Waals surface area contributed by atoms with Crippen LogP contribution < -0.4 is 10.6 Å². The van der Waals surface area contributed by atoms with Crippen LogP contribution in [0.4, 0.5) is 0 Å². The van der Waals surface area contributed by atoms with Crippen molar-refractivity contribution in [3.63, 3.8) is 0 Å². The minimum Gasteiger partial charge on any atom is -0.452 e. The summed E-state index contributed by atoms with van der Waals surface area (Å²) in [7, 11) is 1.53. The van der Waals surface area contributed by atoms with Gasteiger partial charge in [0, 0.05) is 19.2 Å². The lowest BCUT2D eigenvalue weighted by Crippen LogP contribution is -2.38. The highest BCUT2D eigenvalue weighted by Gasteiger charge is 2.23. The van der Waals surface area contributed by atoms with Crippen molar-refractivity contribution in [2.45, 2.75) is 25.5 Å². The summed E-state index contributed by atoms with van der Waals surface area (Å²) in [6.45, 7) is 2.20. The molecule has 2 rings (SSSR count). The lowest BCUT2D eigenvalue weighted by molar-refractivity contribution is -0.155. The van der Waals surface area contributed by atoms with Crippen molar-refractivity contribution >= 4 is 17.8 Å². The van der Waals surface area contributed by atoms with E-state index in [0.717, 1.165) is 5.56 Å². The lowest BCUT2D eigenvalue weighted by Gasteiger charge is -2.20. The molecule has 0 aliphatic heterocycles. The number of hydrogen-bond donors (Lipinski definition) is 2. The normalized spacial score (nSPS) is 12.5. The fourth-order valence-corrected chi connectivity index (χ4v) is 2.65. The predicted molar refractivity (Wildman–Crippen MR) is 108 cm³/mol. The van der Waals surface area contributed by atoms with Crippen LogP contribution >= 0.6 is 0 Å². The average Bonchev–Trinajstić information content (AvgIpc) is 2.74. The molecule has 2 aromatic rings. The summed E-state index contributed by atoms with van der Waals surface area (Å²) >= 11 is 0. The Balaban J connectivity index is 2.01. The third-order valence-corrected chi connectivity index (χ3v) is 4.20. The maximum atomic E-state index is 12.5. The predicted octanol–water partition coefficient (Wildman–Crippen LogP) is 2.24. The molecule has 2 aromatic carbocycles. The zero-order valence-electron chi connectivity index (χ0n) is 16.6. The molecule has 7 nitrogen and oxygen atoms in total. The van der Waals surface area contributed by atoms with Gasteiger partial charge in [-0.15, -0.1) is 0 Å². The Labute approximate surface area is 170 Å². The van der Waals surface area contributed by atoms with Crippen molar-refractivity contribution in [3.05, 3.63) is 71.8 Å². The van der Waals surface area contributed by atoms with Gasteiger partial charge in [-0.05, 0) is 24.6 Å². The van der Waals surface area contributed by atoms with E-state index in [1.165, 1.54) is 14.0 Å². The smallest absolute Gasteiger partial charge is 0.309 e. The van der Waals surface area contributed by atoms with E-state index in [-0.39, 0.29) is 12.3 Å². The van der Waals surface area contributed by atoms with Crippen LogP contribution in [-0.2, 0) is 19.1 Å². The number of ether oxygens (including phenoxy) is 2. The first kappa shape index (κ1) is 22.1. The van der Waals surface area contributed by atoms with E-state index in [1.807, 2.05) is 36.4 Å². The second-order valence-electron chi connectivity index (χ2n) is 6.42. The Morgan fingerprint density at radius 2 is 1.59 bits per heavy atom. The van der Waals surface area contributed by atoms with Gasteiger partial charge in [-0.25, -0.2) is 0 Å². The van der Waals surface area contributed by atoms with Crippen molar-refractivity contribution in [1.82, 2.24) is 10.6 Å². The molecule has 2 N–H and O–H groups in total. The zero-order valence-corrected chi connectivity index (χ0v) is 16.6. The molecule has 0 aliphatic carbocycles. The molecule has 154 valence electrons. The zero-order chi connectivity index (χ0) is 21.1. The van der Waals surface area contributed by atoms with E-state index in [9.17, 15) is 14.4 Å². The highest BCUT2D eigenvalue weighted by atomic mass is 16.5. The molecule has 0 aromatic heterocycles. The van der Waals surface area contributed by atoms with E-state index in [4.69, 9.17) is 9.47 Å². The summed E-state index contributed by atoms with van der Waals surface area (Å²) in [4.78, 5) is 36.9. The van der Waals surface area contributed by atoms with Gasteiger partial charge in [0.15, 0.2) is 6.10 Å². The topological polar surface area (TPSA) is 93.7 Å². The monoisotopic (exact) mass is 398 g/mol. The molecule has 0 saturated carbocycles. The van der Waals surface area contributed by atoms with Crippen LogP contribution in [0.15, 0.2) is 60.7 Å². The fourth-order valence-electron chi connectivity index (χ4n) is 2.65. The van der Waals surface area contributed by atoms with Gasteiger partial charge in [-0.1, -0.05) is 48.5 Å². The van der Waals surface area contributed by atoms with Gasteiger partial charge in [0.05, 0.1) is 19.1 Å². The number of rotatable bonds is 10. The van der Waals surface area contributed by atoms with Gasteiger partial charge in [0.25, 0.3) is 11.8 Å². The Morgan fingerprint density at radius 3 is 2.21 bits per heavy atom. The van der Waals surface area contributed by atoms with Crippen LogP contribution in [0, 0.1) is 0 Å². The Morgan fingerprint density at radius 1 is 0.966 bits per heavy atom. The van der Waals surface area contributed by atoms with Crippen molar-refractivity contribution in [2.75, 3.05) is 20.3 Å². The van der Waals surface area contributed by atoms with E-state index in [1.54, 1.807) is 24.3 Å². The van der Waals surface area contributed by atoms with E-state index in [2.05, 4.69) is 10.6 Å². The van der Waals surface area contributed by atoms with Gasteiger partial charge < -0.3 is 20.1 Å². The van der Waals surface area contributed by atoms with E-state index >= 15 is 0 Å². The minimum absolute atomic E-state index is 0.0989. The third kappa shape index (κ3) is 7.38. The molecular formula is C22H26N2O5. The minimum atomic E-state index is -0.944. The average molecular weight is 398 g/mol. The van der Waals surface area contributed by atoms with Crippen LogP contribution in [-0.4, -0.2) is 44.1 Å². The maximum Gasteiger partial charge on any atom is 0.309 e. The summed E-state index contributed by atoms with van der Waals surface area (Å²) in [5.41, 5.74) is 1.26. The SMILES string of the molecule is COCCNC(=O)[C@@H](C)OC(=O)C[C@H](NC(=O)c1ccccc1)c1ccccc1. The second kappa shape index (κ2) is 11.6. The van der Waals surface area contributed by atoms with Gasteiger partial charge >= 0.3 is 5.97 Å². The van der Waals surface area contributed by atoms with Crippen molar-refractivity contribution in [1.29, 1.82) is 0 Å². The molecule has 0 aliphatic rings. The molecule has 29 heavy (non-hydrogen) atoms. The van der Waals surface area contributed by atoms with Crippen molar-refractivity contribution in [2.24, 2.45) is 0 Å². The summed E-state index contributed by atoms with van der Waals surface area (Å²) in [6, 6.07) is 17.3. The highest BCUT2D eigenvalue weighted by molar-refractivity contribution is 5.94. The van der Waals surface area contributed by atoms with Crippen LogP contribution in [0.2, 0.25) is 0 Å². The molecule has 2 atom stereocenters. The molecule has 2 amide bonds. The summed E-state index contributed by atoms with van der Waals surface area (Å²) in [5.74, 6) is -1.28. The van der Waals surface area contributed by atoms with Gasteiger partial charge in [0.1, 0.15) is 0 Å². The van der Waals surface area contributed by atoms with E-state index in [0.29, 0.717) is 18.7 Å². The molecular weight excluding hydrogens is 372 g/mol. The van der Waals surface area contributed by atoms with Crippen LogP contribution in [0.25, 0.3) is 0 Å². The first-order valence-electron chi connectivity index (χ1n) is 9.38. The van der Waals surface area contributed by atoms with Crippen molar-refractivity contribution < 1.29 is 23.9 Å².